The van der Waals surface area contributed by atoms with E-state index in [4.69, 9.17) is 11.6 Å². The van der Waals surface area contributed by atoms with Crippen molar-refractivity contribution in [1.29, 1.82) is 0 Å². The lowest BCUT2D eigenvalue weighted by Crippen LogP contribution is -2.19. The predicted molar refractivity (Wildman–Crippen MR) is 115 cm³/mol. The van der Waals surface area contributed by atoms with E-state index in [1.54, 1.807) is 6.21 Å². The molecule has 27 heavy (non-hydrogen) atoms. The van der Waals surface area contributed by atoms with Crippen LogP contribution in [0, 0.1) is 0 Å². The summed E-state index contributed by atoms with van der Waals surface area (Å²) in [5.41, 5.74) is 7.57. The van der Waals surface area contributed by atoms with E-state index in [1.165, 1.54) is 33.7 Å². The average molecular weight is 395 g/mol. The van der Waals surface area contributed by atoms with Crippen LogP contribution >= 0.6 is 23.4 Å². The summed E-state index contributed by atoms with van der Waals surface area (Å²) in [5.74, 6) is 0.990. The number of nitrogens with one attached hydrogen (secondary N) is 1. The highest BCUT2D eigenvalue weighted by atomic mass is 35.5. The maximum atomic E-state index is 12.0. The number of rotatable bonds is 6. The molecule has 5 heteroatoms. The summed E-state index contributed by atoms with van der Waals surface area (Å²) in [6, 6.07) is 18.3. The van der Waals surface area contributed by atoms with Gasteiger partial charge in [-0.15, -0.1) is 11.8 Å². The molecule has 1 N–H and O–H groups in total. The van der Waals surface area contributed by atoms with Gasteiger partial charge < -0.3 is 0 Å². The monoisotopic (exact) mass is 394 g/mol. The molecule has 0 fully saturated rings. The molecule has 1 amide bonds. The number of nitrogens with zero attached hydrogens (tertiary/aromatic N) is 1. The molecule has 0 atom stereocenters. The second-order valence-electron chi connectivity index (χ2n) is 6.57. The number of hydrogen-bond acceptors (Lipinski definition) is 3. The number of aryl methyl sites for hydroxylation is 2. The number of thioether (sulfide) groups is 1. The van der Waals surface area contributed by atoms with Crippen molar-refractivity contribution in [2.75, 3.05) is 5.75 Å². The number of carbonyl (C=O) groups excluding carboxylic acids is 1. The Morgan fingerprint density at radius 2 is 1.93 bits per heavy atom. The number of benzene rings is 3. The Morgan fingerprint density at radius 1 is 1.11 bits per heavy atom. The van der Waals surface area contributed by atoms with Gasteiger partial charge in [-0.2, -0.15) is 5.10 Å². The second-order valence-corrected chi connectivity index (χ2v) is 7.99. The highest BCUT2D eigenvalue weighted by molar-refractivity contribution is 7.99. The number of hydrogen-bond donors (Lipinski definition) is 1. The van der Waals surface area contributed by atoms with Crippen LogP contribution in [0.15, 0.2) is 59.7 Å². The number of carbonyl (C=O) groups is 1. The minimum absolute atomic E-state index is 0.107. The molecule has 3 nitrogen and oxygen atoms in total. The molecule has 1 aliphatic carbocycles. The minimum Gasteiger partial charge on any atom is -0.272 e. The third kappa shape index (κ3) is 4.18. The maximum absolute atomic E-state index is 12.0. The van der Waals surface area contributed by atoms with Gasteiger partial charge in [0.1, 0.15) is 0 Å². The van der Waals surface area contributed by atoms with E-state index >= 15 is 0 Å². The van der Waals surface area contributed by atoms with Crippen molar-refractivity contribution in [2.45, 2.75) is 18.6 Å². The molecule has 1 aliphatic rings. The maximum Gasteiger partial charge on any atom is 0.250 e. The smallest absolute Gasteiger partial charge is 0.250 e. The van der Waals surface area contributed by atoms with Crippen molar-refractivity contribution in [3.63, 3.8) is 0 Å². The summed E-state index contributed by atoms with van der Waals surface area (Å²) < 4.78 is 0. The standard InChI is InChI=1S/C22H19ClN2OS/c23-19-5-1-3-15(11-19)13-27-14-21(26)25-24-12-18-10-9-17-8-7-16-4-2-6-20(18)22(16)17/h1-6,9-12H,7-8,13-14H2,(H,25,26)/b24-12-. The van der Waals surface area contributed by atoms with Crippen LogP contribution in [0.1, 0.15) is 22.3 Å². The highest BCUT2D eigenvalue weighted by Gasteiger charge is 2.14. The molecule has 0 spiro atoms. The van der Waals surface area contributed by atoms with Gasteiger partial charge in [0.2, 0.25) is 5.91 Å². The number of hydrazone groups is 1. The van der Waals surface area contributed by atoms with Crippen LogP contribution in [0.5, 0.6) is 0 Å². The molecule has 0 bridgehead atoms. The van der Waals surface area contributed by atoms with Crippen LogP contribution < -0.4 is 5.43 Å². The SMILES string of the molecule is O=C(CSCc1cccc(Cl)c1)N/N=C\c1ccc2c3c(cccc13)CC2. The molecule has 0 aliphatic heterocycles. The van der Waals surface area contributed by atoms with Gasteiger partial charge in [-0.05, 0) is 52.4 Å². The van der Waals surface area contributed by atoms with Crippen molar-refractivity contribution in [2.24, 2.45) is 5.10 Å². The third-order valence-corrected chi connectivity index (χ3v) is 5.93. The average Bonchev–Trinajstić information content (AvgIpc) is 3.09. The Balaban J connectivity index is 1.34. The minimum atomic E-state index is -0.107. The molecular weight excluding hydrogens is 376 g/mol. The fraction of sp³-hybridized carbons (Fsp3) is 0.182. The Labute approximate surface area is 167 Å². The van der Waals surface area contributed by atoms with Crippen molar-refractivity contribution >= 4 is 46.3 Å². The molecule has 0 saturated carbocycles. The summed E-state index contributed by atoms with van der Waals surface area (Å²) >= 11 is 7.51. The van der Waals surface area contributed by atoms with Crippen molar-refractivity contribution in [1.82, 2.24) is 5.43 Å². The molecule has 3 aromatic rings. The van der Waals surface area contributed by atoms with Crippen LogP contribution in [-0.2, 0) is 23.4 Å². The second kappa shape index (κ2) is 8.15. The topological polar surface area (TPSA) is 41.5 Å². The van der Waals surface area contributed by atoms with Gasteiger partial charge in [0.05, 0.1) is 12.0 Å². The Hall–Kier alpha value is -2.30. The summed E-state index contributed by atoms with van der Waals surface area (Å²) in [6.45, 7) is 0. The molecular formula is C22H19ClN2OS. The lowest BCUT2D eigenvalue weighted by atomic mass is 10.0. The van der Waals surface area contributed by atoms with Crippen LogP contribution in [0.3, 0.4) is 0 Å². The molecule has 0 unspecified atom stereocenters. The first-order valence-electron chi connectivity index (χ1n) is 8.88. The van der Waals surface area contributed by atoms with Crippen LogP contribution in [0.4, 0.5) is 0 Å². The molecule has 0 aromatic heterocycles. The van der Waals surface area contributed by atoms with Gasteiger partial charge in [-0.3, -0.25) is 4.79 Å². The fourth-order valence-electron chi connectivity index (χ4n) is 3.48. The molecule has 0 heterocycles. The van der Waals surface area contributed by atoms with Crippen LogP contribution in [-0.4, -0.2) is 17.9 Å². The van der Waals surface area contributed by atoms with E-state index in [-0.39, 0.29) is 5.91 Å². The first kappa shape index (κ1) is 18.1. The summed E-state index contributed by atoms with van der Waals surface area (Å²) in [6.07, 6.45) is 3.95. The fourth-order valence-corrected chi connectivity index (χ4v) is 4.46. The third-order valence-electron chi connectivity index (χ3n) is 4.69. The molecule has 4 rings (SSSR count). The first-order valence-corrected chi connectivity index (χ1v) is 10.4. The molecule has 0 saturated heterocycles. The Morgan fingerprint density at radius 3 is 2.78 bits per heavy atom. The lowest BCUT2D eigenvalue weighted by Gasteiger charge is -2.05. The number of halogens is 1. The number of amides is 1. The Kier molecular flexibility index (Phi) is 5.46. The van der Waals surface area contributed by atoms with Gasteiger partial charge in [0, 0.05) is 16.3 Å². The van der Waals surface area contributed by atoms with Gasteiger partial charge >= 0.3 is 0 Å². The van der Waals surface area contributed by atoms with Crippen LogP contribution in [0.2, 0.25) is 5.02 Å². The van der Waals surface area contributed by atoms with E-state index in [2.05, 4.69) is 40.9 Å². The van der Waals surface area contributed by atoms with E-state index in [1.807, 2.05) is 24.3 Å². The zero-order valence-corrected chi connectivity index (χ0v) is 16.3. The molecule has 136 valence electrons. The first-order chi connectivity index (χ1) is 13.2. The van der Waals surface area contributed by atoms with Gasteiger partial charge in [0.25, 0.3) is 0 Å². The summed E-state index contributed by atoms with van der Waals surface area (Å²) in [5, 5.41) is 7.42. The van der Waals surface area contributed by atoms with Gasteiger partial charge in [0.15, 0.2) is 0 Å². The normalized spacial score (nSPS) is 12.8. The van der Waals surface area contributed by atoms with Crippen molar-refractivity contribution in [3.05, 3.63) is 81.9 Å². The van der Waals surface area contributed by atoms with Crippen LogP contribution in [0.25, 0.3) is 10.8 Å². The van der Waals surface area contributed by atoms with E-state index in [0.717, 1.165) is 29.7 Å². The van der Waals surface area contributed by atoms with Gasteiger partial charge in [-0.1, -0.05) is 54.1 Å². The summed E-state index contributed by atoms with van der Waals surface area (Å²) in [4.78, 5) is 12.0. The van der Waals surface area contributed by atoms with E-state index in [9.17, 15) is 4.79 Å². The quantitative estimate of drug-likeness (QED) is 0.473. The summed E-state index contributed by atoms with van der Waals surface area (Å²) in [7, 11) is 0. The Bertz CT molecular complexity index is 1020. The van der Waals surface area contributed by atoms with E-state index < -0.39 is 0 Å². The zero-order valence-electron chi connectivity index (χ0n) is 14.7. The van der Waals surface area contributed by atoms with Crippen molar-refractivity contribution in [3.8, 4) is 0 Å². The predicted octanol–water partition coefficient (Wildman–Crippen LogP) is 4.98. The molecule has 0 radical (unpaired) electrons. The van der Waals surface area contributed by atoms with Crippen molar-refractivity contribution < 1.29 is 4.79 Å². The molecule has 3 aromatic carbocycles. The lowest BCUT2D eigenvalue weighted by molar-refractivity contribution is -0.118. The highest BCUT2D eigenvalue weighted by Crippen LogP contribution is 2.32. The largest absolute Gasteiger partial charge is 0.272 e. The van der Waals surface area contributed by atoms with Gasteiger partial charge in [-0.25, -0.2) is 5.43 Å². The zero-order chi connectivity index (χ0) is 18.6. The van der Waals surface area contributed by atoms with E-state index in [0.29, 0.717) is 10.8 Å².